The molecule has 0 aliphatic rings. The standard InChI is InChI=1S/C15H19NOS/c1-15(2,3)13-10-18-14(16-13)9-12(17)11-7-5-4-6-8-11/h4-8,10,12,17H,9H2,1-3H3. The van der Waals surface area contributed by atoms with Crippen LogP contribution in [0.2, 0.25) is 0 Å². The summed E-state index contributed by atoms with van der Waals surface area (Å²) in [7, 11) is 0. The molecule has 18 heavy (non-hydrogen) atoms. The third kappa shape index (κ3) is 3.18. The Morgan fingerprint density at radius 1 is 1.22 bits per heavy atom. The number of nitrogens with zero attached hydrogens (tertiary/aromatic N) is 1. The summed E-state index contributed by atoms with van der Waals surface area (Å²) in [5.41, 5.74) is 2.12. The van der Waals surface area contributed by atoms with Gasteiger partial charge < -0.3 is 5.11 Å². The smallest absolute Gasteiger partial charge is 0.0957 e. The number of hydrogen-bond acceptors (Lipinski definition) is 3. The molecule has 1 heterocycles. The van der Waals surface area contributed by atoms with Gasteiger partial charge in [0.25, 0.3) is 0 Å². The van der Waals surface area contributed by atoms with Gasteiger partial charge in [-0.2, -0.15) is 0 Å². The molecule has 0 aliphatic carbocycles. The molecule has 0 bridgehead atoms. The van der Waals surface area contributed by atoms with E-state index in [-0.39, 0.29) is 5.41 Å². The average Bonchev–Trinajstić information content (AvgIpc) is 2.78. The largest absolute Gasteiger partial charge is 0.388 e. The Morgan fingerprint density at radius 2 is 1.89 bits per heavy atom. The molecule has 0 radical (unpaired) electrons. The van der Waals surface area contributed by atoms with Crippen molar-refractivity contribution in [2.45, 2.75) is 38.7 Å². The van der Waals surface area contributed by atoms with Crippen LogP contribution in [-0.2, 0) is 11.8 Å². The summed E-state index contributed by atoms with van der Waals surface area (Å²) in [4.78, 5) is 4.61. The van der Waals surface area contributed by atoms with Gasteiger partial charge in [-0.3, -0.25) is 0 Å². The minimum Gasteiger partial charge on any atom is -0.388 e. The number of benzene rings is 1. The highest BCUT2D eigenvalue weighted by Gasteiger charge is 2.18. The molecule has 1 atom stereocenters. The molecule has 96 valence electrons. The van der Waals surface area contributed by atoms with Gasteiger partial charge in [-0.1, -0.05) is 51.1 Å². The summed E-state index contributed by atoms with van der Waals surface area (Å²) in [5, 5.41) is 13.2. The number of thiazole rings is 1. The van der Waals surface area contributed by atoms with Crippen LogP contribution < -0.4 is 0 Å². The van der Waals surface area contributed by atoms with Crippen molar-refractivity contribution in [3.8, 4) is 0 Å². The van der Waals surface area contributed by atoms with Gasteiger partial charge in [-0.05, 0) is 5.56 Å². The maximum atomic E-state index is 10.2. The second-order valence-electron chi connectivity index (χ2n) is 5.51. The topological polar surface area (TPSA) is 33.1 Å². The molecule has 1 unspecified atom stereocenters. The van der Waals surface area contributed by atoms with Gasteiger partial charge in [0.2, 0.25) is 0 Å². The van der Waals surface area contributed by atoms with Gasteiger partial charge in [0, 0.05) is 17.2 Å². The van der Waals surface area contributed by atoms with Crippen molar-refractivity contribution < 1.29 is 5.11 Å². The Bertz CT molecular complexity index is 499. The number of aliphatic hydroxyl groups is 1. The highest BCUT2D eigenvalue weighted by atomic mass is 32.1. The van der Waals surface area contributed by atoms with Gasteiger partial charge in [-0.25, -0.2) is 4.98 Å². The highest BCUT2D eigenvalue weighted by Crippen LogP contribution is 2.26. The van der Waals surface area contributed by atoms with E-state index in [9.17, 15) is 5.11 Å². The van der Waals surface area contributed by atoms with Gasteiger partial charge >= 0.3 is 0 Å². The van der Waals surface area contributed by atoms with Crippen molar-refractivity contribution in [1.29, 1.82) is 0 Å². The van der Waals surface area contributed by atoms with Crippen LogP contribution in [-0.4, -0.2) is 10.1 Å². The number of aliphatic hydroxyl groups excluding tert-OH is 1. The second-order valence-corrected chi connectivity index (χ2v) is 6.45. The highest BCUT2D eigenvalue weighted by molar-refractivity contribution is 7.09. The average molecular weight is 261 g/mol. The van der Waals surface area contributed by atoms with E-state index in [1.807, 2.05) is 30.3 Å². The van der Waals surface area contributed by atoms with Crippen LogP contribution in [0.1, 0.15) is 43.1 Å². The minimum atomic E-state index is -0.467. The summed E-state index contributed by atoms with van der Waals surface area (Å²) in [6, 6.07) is 9.74. The molecule has 0 amide bonds. The van der Waals surface area contributed by atoms with E-state index in [0.717, 1.165) is 16.3 Å². The molecule has 0 aliphatic heterocycles. The van der Waals surface area contributed by atoms with E-state index >= 15 is 0 Å². The molecule has 2 rings (SSSR count). The van der Waals surface area contributed by atoms with Crippen LogP contribution in [0.3, 0.4) is 0 Å². The first kappa shape index (κ1) is 13.2. The van der Waals surface area contributed by atoms with Crippen molar-refractivity contribution in [2.24, 2.45) is 0 Å². The van der Waals surface area contributed by atoms with Gasteiger partial charge in [-0.15, -0.1) is 11.3 Å². The lowest BCUT2D eigenvalue weighted by Crippen LogP contribution is -2.11. The van der Waals surface area contributed by atoms with Crippen LogP contribution in [0, 0.1) is 0 Å². The predicted molar refractivity (Wildman–Crippen MR) is 75.9 cm³/mol. The number of rotatable bonds is 3. The molecule has 1 N–H and O–H groups in total. The van der Waals surface area contributed by atoms with Crippen LogP contribution in [0.25, 0.3) is 0 Å². The lowest BCUT2D eigenvalue weighted by atomic mass is 9.93. The van der Waals surface area contributed by atoms with E-state index in [1.54, 1.807) is 11.3 Å². The van der Waals surface area contributed by atoms with Crippen molar-refractivity contribution in [2.75, 3.05) is 0 Å². The maximum Gasteiger partial charge on any atom is 0.0957 e. The summed E-state index contributed by atoms with van der Waals surface area (Å²) < 4.78 is 0. The molecular weight excluding hydrogens is 242 g/mol. The minimum absolute atomic E-state index is 0.0758. The molecule has 0 spiro atoms. The first-order chi connectivity index (χ1) is 8.47. The quantitative estimate of drug-likeness (QED) is 0.913. The fourth-order valence-corrected chi connectivity index (χ4v) is 2.77. The SMILES string of the molecule is CC(C)(C)c1csc(CC(O)c2ccccc2)n1. The van der Waals surface area contributed by atoms with E-state index in [1.165, 1.54) is 0 Å². The molecule has 0 fully saturated rings. The second kappa shape index (κ2) is 5.21. The first-order valence-electron chi connectivity index (χ1n) is 6.15. The number of aromatic nitrogens is 1. The molecule has 1 aromatic carbocycles. The molecule has 0 saturated heterocycles. The predicted octanol–water partition coefficient (Wildman–Crippen LogP) is 3.72. The number of hydrogen-bond donors (Lipinski definition) is 1. The zero-order valence-corrected chi connectivity index (χ0v) is 11.9. The van der Waals surface area contributed by atoms with Gasteiger partial charge in [0.1, 0.15) is 0 Å². The van der Waals surface area contributed by atoms with Crippen LogP contribution in [0.4, 0.5) is 0 Å². The maximum absolute atomic E-state index is 10.2. The van der Waals surface area contributed by atoms with Crippen molar-refractivity contribution >= 4 is 11.3 Å². The summed E-state index contributed by atoms with van der Waals surface area (Å²) in [6.07, 6.45) is 0.121. The Labute approximate surface area is 112 Å². The fourth-order valence-electron chi connectivity index (χ4n) is 1.71. The van der Waals surface area contributed by atoms with Crippen LogP contribution >= 0.6 is 11.3 Å². The van der Waals surface area contributed by atoms with Crippen molar-refractivity contribution in [1.82, 2.24) is 4.98 Å². The third-order valence-corrected chi connectivity index (χ3v) is 3.74. The Hall–Kier alpha value is -1.19. The Kier molecular flexibility index (Phi) is 3.83. The monoisotopic (exact) mass is 261 g/mol. The van der Waals surface area contributed by atoms with Crippen LogP contribution in [0.5, 0.6) is 0 Å². The Balaban J connectivity index is 2.08. The Morgan fingerprint density at radius 3 is 2.44 bits per heavy atom. The molecule has 3 heteroatoms. The fraction of sp³-hybridized carbons (Fsp3) is 0.400. The normalized spacial score (nSPS) is 13.6. The van der Waals surface area contributed by atoms with E-state index in [4.69, 9.17) is 0 Å². The zero-order chi connectivity index (χ0) is 13.2. The van der Waals surface area contributed by atoms with E-state index in [0.29, 0.717) is 6.42 Å². The molecule has 2 nitrogen and oxygen atoms in total. The third-order valence-electron chi connectivity index (χ3n) is 2.87. The van der Waals surface area contributed by atoms with E-state index < -0.39 is 6.10 Å². The van der Waals surface area contributed by atoms with Crippen LogP contribution in [0.15, 0.2) is 35.7 Å². The summed E-state index contributed by atoms with van der Waals surface area (Å²) in [5.74, 6) is 0. The van der Waals surface area contributed by atoms with Gasteiger partial charge in [0.05, 0.1) is 16.8 Å². The van der Waals surface area contributed by atoms with Crippen molar-refractivity contribution in [3.63, 3.8) is 0 Å². The van der Waals surface area contributed by atoms with Crippen molar-refractivity contribution in [3.05, 3.63) is 52.0 Å². The molecule has 2 aromatic rings. The zero-order valence-electron chi connectivity index (χ0n) is 11.1. The summed E-state index contributed by atoms with van der Waals surface area (Å²) >= 11 is 1.63. The lowest BCUT2D eigenvalue weighted by molar-refractivity contribution is 0.178. The molecule has 0 saturated carbocycles. The molecule has 1 aromatic heterocycles. The van der Waals surface area contributed by atoms with Gasteiger partial charge in [0.15, 0.2) is 0 Å². The molecular formula is C15H19NOS. The van der Waals surface area contributed by atoms with E-state index in [2.05, 4.69) is 31.1 Å². The first-order valence-corrected chi connectivity index (χ1v) is 7.02. The summed E-state index contributed by atoms with van der Waals surface area (Å²) in [6.45, 7) is 6.46. The lowest BCUT2D eigenvalue weighted by Gasteiger charge is -2.14.